The van der Waals surface area contributed by atoms with Gasteiger partial charge in [-0.1, -0.05) is 12.1 Å². The zero-order valence-electron chi connectivity index (χ0n) is 9.12. The molecule has 82 valence electrons. The molecular formula is C12H18N2S. The summed E-state index contributed by atoms with van der Waals surface area (Å²) < 4.78 is 0. The van der Waals surface area contributed by atoms with Crippen LogP contribution in [0.1, 0.15) is 18.4 Å². The summed E-state index contributed by atoms with van der Waals surface area (Å²) in [4.78, 5) is 1.23. The van der Waals surface area contributed by atoms with Crippen molar-refractivity contribution >= 4 is 17.4 Å². The second-order valence-electron chi connectivity index (χ2n) is 4.09. The van der Waals surface area contributed by atoms with Crippen molar-refractivity contribution in [2.45, 2.75) is 30.7 Å². The predicted molar refractivity (Wildman–Crippen MR) is 67.3 cm³/mol. The lowest BCUT2D eigenvalue weighted by molar-refractivity contribution is 0.674. The van der Waals surface area contributed by atoms with Crippen LogP contribution in [0.3, 0.4) is 0 Å². The molecule has 15 heavy (non-hydrogen) atoms. The number of thioether (sulfide) groups is 1. The normalized spacial score (nSPS) is 20.7. The Morgan fingerprint density at radius 1 is 1.53 bits per heavy atom. The molecule has 1 fully saturated rings. The third-order valence-electron chi connectivity index (χ3n) is 2.89. The SMILES string of the molecule is Cc1cccc(SC[C@@H]2CCCN2)c1N. The second-order valence-corrected chi connectivity index (χ2v) is 5.15. The van der Waals surface area contributed by atoms with Crippen LogP contribution in [0, 0.1) is 6.92 Å². The highest BCUT2D eigenvalue weighted by Gasteiger charge is 2.14. The summed E-state index contributed by atoms with van der Waals surface area (Å²) in [7, 11) is 0. The molecule has 2 rings (SSSR count). The Bertz CT molecular complexity index is 332. The van der Waals surface area contributed by atoms with E-state index in [0.29, 0.717) is 6.04 Å². The van der Waals surface area contributed by atoms with E-state index < -0.39 is 0 Å². The Kier molecular flexibility index (Phi) is 3.54. The van der Waals surface area contributed by atoms with Crippen LogP contribution in [-0.2, 0) is 0 Å². The molecule has 0 aliphatic carbocycles. The van der Waals surface area contributed by atoms with Gasteiger partial charge in [0.2, 0.25) is 0 Å². The van der Waals surface area contributed by atoms with E-state index in [-0.39, 0.29) is 0 Å². The predicted octanol–water partition coefficient (Wildman–Crippen LogP) is 2.42. The van der Waals surface area contributed by atoms with E-state index in [9.17, 15) is 0 Å². The highest BCUT2D eigenvalue weighted by molar-refractivity contribution is 7.99. The summed E-state index contributed by atoms with van der Waals surface area (Å²) in [6.45, 7) is 3.24. The first kappa shape index (κ1) is 10.8. The van der Waals surface area contributed by atoms with Gasteiger partial charge < -0.3 is 11.1 Å². The molecule has 1 saturated heterocycles. The summed E-state index contributed by atoms with van der Waals surface area (Å²) >= 11 is 1.87. The summed E-state index contributed by atoms with van der Waals surface area (Å²) in [5, 5.41) is 3.50. The van der Waals surface area contributed by atoms with Gasteiger partial charge in [0, 0.05) is 22.4 Å². The van der Waals surface area contributed by atoms with E-state index in [4.69, 9.17) is 5.73 Å². The lowest BCUT2D eigenvalue weighted by Gasteiger charge is -2.11. The van der Waals surface area contributed by atoms with Gasteiger partial charge in [-0.3, -0.25) is 0 Å². The Hall–Kier alpha value is -0.670. The standard InChI is InChI=1S/C12H18N2S/c1-9-4-2-6-11(12(9)13)15-8-10-5-3-7-14-10/h2,4,6,10,14H,3,5,7-8,13H2,1H3/t10-/m0/s1. The molecule has 1 aromatic carbocycles. The Morgan fingerprint density at radius 2 is 2.40 bits per heavy atom. The largest absolute Gasteiger partial charge is 0.398 e. The number of anilines is 1. The number of nitrogens with one attached hydrogen (secondary N) is 1. The van der Waals surface area contributed by atoms with Crippen LogP contribution < -0.4 is 11.1 Å². The first-order valence-electron chi connectivity index (χ1n) is 5.48. The number of nitrogen functional groups attached to an aromatic ring is 1. The van der Waals surface area contributed by atoms with Gasteiger partial charge >= 0.3 is 0 Å². The fraction of sp³-hybridized carbons (Fsp3) is 0.500. The number of benzene rings is 1. The van der Waals surface area contributed by atoms with E-state index in [1.807, 2.05) is 11.8 Å². The Morgan fingerprint density at radius 3 is 3.13 bits per heavy atom. The summed E-state index contributed by atoms with van der Waals surface area (Å²) in [6.07, 6.45) is 2.62. The maximum atomic E-state index is 6.03. The van der Waals surface area contributed by atoms with Crippen LogP contribution in [0.4, 0.5) is 5.69 Å². The third kappa shape index (κ3) is 2.67. The summed E-state index contributed by atoms with van der Waals surface area (Å²) in [6, 6.07) is 6.93. The molecule has 1 aromatic rings. The van der Waals surface area contributed by atoms with Gasteiger partial charge in [-0.25, -0.2) is 0 Å². The molecule has 2 nitrogen and oxygen atoms in total. The number of hydrogen-bond donors (Lipinski definition) is 2. The fourth-order valence-electron chi connectivity index (χ4n) is 1.87. The molecule has 0 unspecified atom stereocenters. The molecule has 1 aliphatic heterocycles. The van der Waals surface area contributed by atoms with Crippen LogP contribution in [-0.4, -0.2) is 18.3 Å². The van der Waals surface area contributed by atoms with Crippen molar-refractivity contribution in [3.8, 4) is 0 Å². The molecule has 0 spiro atoms. The monoisotopic (exact) mass is 222 g/mol. The number of para-hydroxylation sites is 1. The van der Waals surface area contributed by atoms with Crippen molar-refractivity contribution in [2.24, 2.45) is 0 Å². The minimum absolute atomic E-state index is 0.676. The average molecular weight is 222 g/mol. The number of nitrogens with two attached hydrogens (primary N) is 1. The van der Waals surface area contributed by atoms with Gasteiger partial charge in [0.25, 0.3) is 0 Å². The molecule has 0 radical (unpaired) electrons. The topological polar surface area (TPSA) is 38.0 Å². The fourth-order valence-corrected chi connectivity index (χ4v) is 3.03. The zero-order chi connectivity index (χ0) is 10.7. The molecule has 1 atom stereocenters. The van der Waals surface area contributed by atoms with Crippen molar-refractivity contribution in [3.63, 3.8) is 0 Å². The van der Waals surface area contributed by atoms with Crippen LogP contribution in [0.15, 0.2) is 23.1 Å². The van der Waals surface area contributed by atoms with Gasteiger partial charge in [0.15, 0.2) is 0 Å². The van der Waals surface area contributed by atoms with Crippen molar-refractivity contribution in [1.29, 1.82) is 0 Å². The third-order valence-corrected chi connectivity index (χ3v) is 4.12. The maximum Gasteiger partial charge on any atom is 0.0481 e. The Balaban J connectivity index is 1.95. The highest BCUT2D eigenvalue weighted by atomic mass is 32.2. The van der Waals surface area contributed by atoms with Crippen LogP contribution in [0.2, 0.25) is 0 Å². The zero-order valence-corrected chi connectivity index (χ0v) is 9.94. The van der Waals surface area contributed by atoms with Crippen molar-refractivity contribution in [2.75, 3.05) is 18.0 Å². The van der Waals surface area contributed by atoms with Gasteiger partial charge in [-0.15, -0.1) is 11.8 Å². The number of hydrogen-bond acceptors (Lipinski definition) is 3. The van der Waals surface area contributed by atoms with E-state index in [2.05, 4.69) is 30.4 Å². The molecule has 0 amide bonds. The quantitative estimate of drug-likeness (QED) is 0.609. The molecule has 1 heterocycles. The second kappa shape index (κ2) is 4.90. The van der Waals surface area contributed by atoms with E-state index in [1.165, 1.54) is 29.8 Å². The molecule has 3 heteroatoms. The molecule has 0 saturated carbocycles. The summed E-state index contributed by atoms with van der Waals surface area (Å²) in [5.41, 5.74) is 8.15. The highest BCUT2D eigenvalue weighted by Crippen LogP contribution is 2.28. The van der Waals surface area contributed by atoms with E-state index in [1.54, 1.807) is 0 Å². The van der Waals surface area contributed by atoms with Gasteiger partial charge in [0.05, 0.1) is 0 Å². The molecule has 0 aromatic heterocycles. The van der Waals surface area contributed by atoms with Gasteiger partial charge in [-0.05, 0) is 37.9 Å². The average Bonchev–Trinajstić information content (AvgIpc) is 2.73. The van der Waals surface area contributed by atoms with Crippen LogP contribution in [0.5, 0.6) is 0 Å². The van der Waals surface area contributed by atoms with Crippen molar-refractivity contribution < 1.29 is 0 Å². The first-order valence-corrected chi connectivity index (χ1v) is 6.47. The summed E-state index contributed by atoms with van der Waals surface area (Å²) in [5.74, 6) is 1.13. The lowest BCUT2D eigenvalue weighted by Crippen LogP contribution is -2.23. The van der Waals surface area contributed by atoms with Gasteiger partial charge in [-0.2, -0.15) is 0 Å². The van der Waals surface area contributed by atoms with Crippen molar-refractivity contribution in [3.05, 3.63) is 23.8 Å². The number of aryl methyl sites for hydroxylation is 1. The number of rotatable bonds is 3. The van der Waals surface area contributed by atoms with E-state index in [0.717, 1.165) is 11.4 Å². The van der Waals surface area contributed by atoms with Gasteiger partial charge in [0.1, 0.15) is 0 Å². The molecule has 1 aliphatic rings. The van der Waals surface area contributed by atoms with E-state index >= 15 is 0 Å². The lowest BCUT2D eigenvalue weighted by atomic mass is 10.2. The van der Waals surface area contributed by atoms with Crippen molar-refractivity contribution in [1.82, 2.24) is 5.32 Å². The smallest absolute Gasteiger partial charge is 0.0481 e. The minimum Gasteiger partial charge on any atom is -0.398 e. The molecule has 0 bridgehead atoms. The van der Waals surface area contributed by atoms with Crippen LogP contribution in [0.25, 0.3) is 0 Å². The molecule has 3 N–H and O–H groups in total. The maximum absolute atomic E-state index is 6.03. The first-order chi connectivity index (χ1) is 7.27. The molecular weight excluding hydrogens is 204 g/mol. The minimum atomic E-state index is 0.676. The Labute approximate surface area is 95.6 Å². The van der Waals surface area contributed by atoms with Crippen LogP contribution >= 0.6 is 11.8 Å².